The van der Waals surface area contributed by atoms with Crippen LogP contribution in [0.3, 0.4) is 0 Å². The van der Waals surface area contributed by atoms with Gasteiger partial charge in [0.15, 0.2) is 0 Å². The third-order valence-electron chi connectivity index (χ3n) is 2.04. The lowest BCUT2D eigenvalue weighted by atomic mass is 10.1. The van der Waals surface area contributed by atoms with Crippen LogP contribution >= 0.6 is 0 Å². The van der Waals surface area contributed by atoms with Gasteiger partial charge in [-0.2, -0.15) is 0 Å². The second-order valence-corrected chi connectivity index (χ2v) is 3.39. The Morgan fingerprint density at radius 1 is 1.43 bits per heavy atom. The zero-order valence-corrected chi connectivity index (χ0v) is 8.70. The summed E-state index contributed by atoms with van der Waals surface area (Å²) in [6.45, 7) is 9.49. The molecule has 14 heavy (non-hydrogen) atoms. The fourth-order valence-corrected chi connectivity index (χ4v) is 1.10. The van der Waals surface area contributed by atoms with Crippen molar-refractivity contribution in [2.45, 2.75) is 25.8 Å². The highest BCUT2D eigenvalue weighted by molar-refractivity contribution is 5.69. The third-order valence-corrected chi connectivity index (χ3v) is 2.04. The highest BCUT2D eigenvalue weighted by atomic mass is 16.4. The molecule has 0 bridgehead atoms. The summed E-state index contributed by atoms with van der Waals surface area (Å²) >= 11 is 0. The van der Waals surface area contributed by atoms with Crippen LogP contribution in [0.4, 0.5) is 0 Å². The van der Waals surface area contributed by atoms with Gasteiger partial charge in [-0.1, -0.05) is 19.1 Å². The maximum atomic E-state index is 10.5. The van der Waals surface area contributed by atoms with Gasteiger partial charge in [0.25, 0.3) is 0 Å². The number of hydrogen-bond acceptors (Lipinski definition) is 2. The van der Waals surface area contributed by atoms with Crippen LogP contribution in [0, 0.1) is 5.92 Å². The Kier molecular flexibility index (Phi) is 6.76. The Bertz CT molecular complexity index is 191. The molecular formula is C11H19NO2. The molecule has 3 nitrogen and oxygen atoms in total. The molecule has 80 valence electrons. The van der Waals surface area contributed by atoms with Crippen molar-refractivity contribution < 1.29 is 9.90 Å². The van der Waals surface area contributed by atoms with Crippen molar-refractivity contribution in [2.24, 2.45) is 5.92 Å². The van der Waals surface area contributed by atoms with Crippen LogP contribution in [-0.2, 0) is 4.79 Å². The molecule has 2 N–H and O–H groups in total. The van der Waals surface area contributed by atoms with E-state index in [1.54, 1.807) is 6.92 Å². The van der Waals surface area contributed by atoms with Crippen LogP contribution < -0.4 is 5.32 Å². The van der Waals surface area contributed by atoms with E-state index >= 15 is 0 Å². The van der Waals surface area contributed by atoms with E-state index in [1.807, 2.05) is 12.2 Å². The zero-order valence-electron chi connectivity index (χ0n) is 8.70. The lowest BCUT2D eigenvalue weighted by Crippen LogP contribution is -2.34. The van der Waals surface area contributed by atoms with Gasteiger partial charge in [0.05, 0.1) is 5.92 Å². The van der Waals surface area contributed by atoms with Gasteiger partial charge in [0, 0.05) is 12.6 Å². The molecule has 0 aromatic heterocycles. The number of carbonyl (C=O) groups is 1. The van der Waals surface area contributed by atoms with Crippen molar-refractivity contribution in [1.82, 2.24) is 5.32 Å². The summed E-state index contributed by atoms with van der Waals surface area (Å²) in [6, 6.07) is 0.256. The van der Waals surface area contributed by atoms with Gasteiger partial charge in [0.2, 0.25) is 0 Å². The zero-order chi connectivity index (χ0) is 11.0. The average molecular weight is 197 g/mol. The van der Waals surface area contributed by atoms with E-state index in [-0.39, 0.29) is 12.0 Å². The summed E-state index contributed by atoms with van der Waals surface area (Å²) in [6.07, 6.45) is 5.32. The monoisotopic (exact) mass is 197 g/mol. The lowest BCUT2D eigenvalue weighted by molar-refractivity contribution is -0.140. The highest BCUT2D eigenvalue weighted by Gasteiger charge is 2.12. The first-order valence-electron chi connectivity index (χ1n) is 4.79. The molecule has 0 fully saturated rings. The van der Waals surface area contributed by atoms with Gasteiger partial charge in [-0.05, 0) is 12.8 Å². The predicted molar refractivity (Wildman–Crippen MR) is 58.2 cm³/mol. The molecule has 0 amide bonds. The van der Waals surface area contributed by atoms with E-state index in [4.69, 9.17) is 5.11 Å². The third kappa shape index (κ3) is 5.54. The summed E-state index contributed by atoms with van der Waals surface area (Å²) in [4.78, 5) is 10.5. The van der Waals surface area contributed by atoms with Crippen molar-refractivity contribution in [1.29, 1.82) is 0 Å². The molecule has 0 aliphatic rings. The summed E-state index contributed by atoms with van der Waals surface area (Å²) in [5.41, 5.74) is 0. The smallest absolute Gasteiger partial charge is 0.307 e. The molecule has 1 atom stereocenters. The summed E-state index contributed by atoms with van der Waals surface area (Å²) in [5.74, 6) is -1.12. The molecule has 0 saturated heterocycles. The number of carboxylic acid groups (broad SMARTS) is 1. The van der Waals surface area contributed by atoms with Crippen molar-refractivity contribution in [3.8, 4) is 0 Å². The summed E-state index contributed by atoms with van der Waals surface area (Å²) in [7, 11) is 0. The Morgan fingerprint density at radius 2 is 1.93 bits per heavy atom. The molecule has 0 radical (unpaired) electrons. The van der Waals surface area contributed by atoms with E-state index < -0.39 is 5.97 Å². The van der Waals surface area contributed by atoms with Crippen molar-refractivity contribution in [3.05, 3.63) is 25.3 Å². The number of aliphatic carboxylic acids is 1. The Hall–Kier alpha value is -1.09. The molecule has 0 aliphatic carbocycles. The first-order chi connectivity index (χ1) is 6.61. The van der Waals surface area contributed by atoms with Crippen molar-refractivity contribution in [3.63, 3.8) is 0 Å². The Labute approximate surface area is 85.5 Å². The lowest BCUT2D eigenvalue weighted by Gasteiger charge is -2.16. The van der Waals surface area contributed by atoms with E-state index in [0.717, 1.165) is 12.8 Å². The molecule has 3 heteroatoms. The molecule has 1 unspecified atom stereocenters. The quantitative estimate of drug-likeness (QED) is 0.583. The fraction of sp³-hybridized carbons (Fsp3) is 0.545. The van der Waals surface area contributed by atoms with E-state index in [0.29, 0.717) is 6.54 Å². The van der Waals surface area contributed by atoms with Gasteiger partial charge >= 0.3 is 5.97 Å². The van der Waals surface area contributed by atoms with Crippen LogP contribution in [0.15, 0.2) is 25.3 Å². The molecule has 0 spiro atoms. The van der Waals surface area contributed by atoms with Gasteiger partial charge in [-0.25, -0.2) is 0 Å². The van der Waals surface area contributed by atoms with Crippen LogP contribution in [0.25, 0.3) is 0 Å². The SMILES string of the molecule is C=CCC(CC=C)NCC(C)C(=O)O. The number of rotatable bonds is 8. The van der Waals surface area contributed by atoms with Crippen LogP contribution in [0.1, 0.15) is 19.8 Å². The predicted octanol–water partition coefficient (Wildman–Crippen LogP) is 1.82. The Balaban J connectivity index is 3.85. The highest BCUT2D eigenvalue weighted by Crippen LogP contribution is 2.01. The molecule has 0 aromatic rings. The average Bonchev–Trinajstić information content (AvgIpc) is 2.14. The maximum Gasteiger partial charge on any atom is 0.307 e. The fourth-order valence-electron chi connectivity index (χ4n) is 1.10. The number of nitrogens with one attached hydrogen (secondary N) is 1. The van der Waals surface area contributed by atoms with Gasteiger partial charge in [0.1, 0.15) is 0 Å². The summed E-state index contributed by atoms with van der Waals surface area (Å²) < 4.78 is 0. The normalized spacial score (nSPS) is 12.4. The van der Waals surface area contributed by atoms with Crippen LogP contribution in [-0.4, -0.2) is 23.7 Å². The Morgan fingerprint density at radius 3 is 2.29 bits per heavy atom. The van der Waals surface area contributed by atoms with Crippen molar-refractivity contribution >= 4 is 5.97 Å². The maximum absolute atomic E-state index is 10.5. The van der Waals surface area contributed by atoms with Gasteiger partial charge < -0.3 is 10.4 Å². The molecule has 0 heterocycles. The number of carboxylic acids is 1. The van der Waals surface area contributed by atoms with Crippen LogP contribution in [0.2, 0.25) is 0 Å². The first-order valence-corrected chi connectivity index (χ1v) is 4.79. The minimum atomic E-state index is -0.770. The molecule has 0 aromatic carbocycles. The minimum Gasteiger partial charge on any atom is -0.481 e. The molecule has 0 rings (SSSR count). The molecular weight excluding hydrogens is 178 g/mol. The van der Waals surface area contributed by atoms with E-state index in [2.05, 4.69) is 18.5 Å². The molecule has 0 aliphatic heterocycles. The largest absolute Gasteiger partial charge is 0.481 e. The van der Waals surface area contributed by atoms with Gasteiger partial charge in [-0.3, -0.25) is 4.79 Å². The van der Waals surface area contributed by atoms with E-state index in [9.17, 15) is 4.79 Å². The minimum absolute atomic E-state index is 0.256. The van der Waals surface area contributed by atoms with Crippen molar-refractivity contribution in [2.75, 3.05) is 6.54 Å². The van der Waals surface area contributed by atoms with Gasteiger partial charge in [-0.15, -0.1) is 13.2 Å². The first kappa shape index (κ1) is 12.9. The standard InChI is InChI=1S/C11H19NO2/c1-4-6-10(7-5-2)12-8-9(3)11(13)14/h4-5,9-10,12H,1-2,6-8H2,3H3,(H,13,14). The second-order valence-electron chi connectivity index (χ2n) is 3.39. The second kappa shape index (κ2) is 7.33. The van der Waals surface area contributed by atoms with Crippen LogP contribution in [0.5, 0.6) is 0 Å². The number of hydrogen-bond donors (Lipinski definition) is 2. The molecule has 0 saturated carbocycles. The summed E-state index contributed by atoms with van der Waals surface area (Å²) in [5, 5.41) is 11.9. The topological polar surface area (TPSA) is 49.3 Å². The van der Waals surface area contributed by atoms with E-state index in [1.165, 1.54) is 0 Å².